The fourth-order valence-electron chi connectivity index (χ4n) is 3.24. The molecule has 2 aliphatic heterocycles. The molecule has 0 bridgehead atoms. The van der Waals surface area contributed by atoms with Crippen LogP contribution in [0.4, 0.5) is 13.6 Å². The molecule has 2 aliphatic rings. The first-order valence-corrected chi connectivity index (χ1v) is 8.09. The molecule has 1 atom stereocenters. The summed E-state index contributed by atoms with van der Waals surface area (Å²) in [7, 11) is 0. The lowest BCUT2D eigenvalue weighted by Gasteiger charge is -2.19. The molecule has 24 heavy (non-hydrogen) atoms. The second-order valence-electron chi connectivity index (χ2n) is 6.28. The van der Waals surface area contributed by atoms with E-state index in [2.05, 4.69) is 0 Å². The van der Waals surface area contributed by atoms with Crippen molar-refractivity contribution in [3.05, 3.63) is 35.4 Å². The van der Waals surface area contributed by atoms with Crippen LogP contribution in [-0.4, -0.2) is 54.6 Å². The Morgan fingerprint density at radius 2 is 2.17 bits per heavy atom. The number of hydrogen-bond donors (Lipinski definition) is 0. The highest BCUT2D eigenvalue weighted by Gasteiger charge is 2.31. The van der Waals surface area contributed by atoms with Gasteiger partial charge in [0.05, 0.1) is 13.0 Å². The topological polar surface area (TPSA) is 49.9 Å². The SMILES string of the molecule is O=C(Cc1cccc(C(F)F)c1)N1CCC(CN2CCOC2=O)C1. The van der Waals surface area contributed by atoms with Gasteiger partial charge in [-0.1, -0.05) is 18.2 Å². The van der Waals surface area contributed by atoms with Crippen molar-refractivity contribution in [2.24, 2.45) is 5.92 Å². The molecule has 0 aliphatic carbocycles. The molecule has 0 radical (unpaired) electrons. The normalized spacial score (nSPS) is 20.8. The Morgan fingerprint density at radius 3 is 2.88 bits per heavy atom. The van der Waals surface area contributed by atoms with E-state index in [0.29, 0.717) is 38.3 Å². The van der Waals surface area contributed by atoms with Crippen LogP contribution in [0.2, 0.25) is 0 Å². The largest absolute Gasteiger partial charge is 0.448 e. The number of carbonyl (C=O) groups is 2. The van der Waals surface area contributed by atoms with Gasteiger partial charge in [0.2, 0.25) is 5.91 Å². The van der Waals surface area contributed by atoms with E-state index in [9.17, 15) is 18.4 Å². The van der Waals surface area contributed by atoms with E-state index in [1.807, 2.05) is 0 Å². The molecule has 0 saturated carbocycles. The number of cyclic esters (lactones) is 1. The summed E-state index contributed by atoms with van der Waals surface area (Å²) >= 11 is 0. The molecule has 0 aromatic heterocycles. The minimum atomic E-state index is -2.53. The first-order valence-electron chi connectivity index (χ1n) is 8.09. The van der Waals surface area contributed by atoms with E-state index >= 15 is 0 Å². The van der Waals surface area contributed by atoms with Crippen LogP contribution in [0.3, 0.4) is 0 Å². The van der Waals surface area contributed by atoms with Gasteiger partial charge >= 0.3 is 6.09 Å². The smallest absolute Gasteiger partial charge is 0.409 e. The third-order valence-electron chi connectivity index (χ3n) is 4.52. The van der Waals surface area contributed by atoms with E-state index in [-0.39, 0.29) is 29.9 Å². The zero-order valence-electron chi connectivity index (χ0n) is 13.3. The Hall–Kier alpha value is -2.18. The van der Waals surface area contributed by atoms with Gasteiger partial charge in [0, 0.05) is 25.2 Å². The van der Waals surface area contributed by atoms with Gasteiger partial charge in [0.1, 0.15) is 6.61 Å². The molecule has 0 spiro atoms. The molecule has 2 saturated heterocycles. The summed E-state index contributed by atoms with van der Waals surface area (Å²) < 4.78 is 30.4. The van der Waals surface area contributed by atoms with Gasteiger partial charge in [-0.3, -0.25) is 4.79 Å². The van der Waals surface area contributed by atoms with Crippen molar-refractivity contribution in [1.82, 2.24) is 9.80 Å². The number of amides is 2. The van der Waals surface area contributed by atoms with Crippen molar-refractivity contribution in [3.63, 3.8) is 0 Å². The molecule has 2 amide bonds. The quantitative estimate of drug-likeness (QED) is 0.829. The van der Waals surface area contributed by atoms with Gasteiger partial charge in [0.15, 0.2) is 0 Å². The second kappa shape index (κ2) is 7.15. The number of alkyl halides is 2. The lowest BCUT2D eigenvalue weighted by Crippen LogP contribution is -2.34. The number of ether oxygens (including phenoxy) is 1. The van der Waals surface area contributed by atoms with Crippen molar-refractivity contribution in [2.45, 2.75) is 19.3 Å². The number of halogens is 2. The summed E-state index contributed by atoms with van der Waals surface area (Å²) in [6, 6.07) is 5.99. The number of hydrogen-bond acceptors (Lipinski definition) is 3. The lowest BCUT2D eigenvalue weighted by atomic mass is 10.1. The van der Waals surface area contributed by atoms with E-state index in [0.717, 1.165) is 6.42 Å². The number of benzene rings is 1. The molecular weight excluding hydrogens is 318 g/mol. The van der Waals surface area contributed by atoms with E-state index < -0.39 is 6.43 Å². The van der Waals surface area contributed by atoms with Crippen LogP contribution in [-0.2, 0) is 16.0 Å². The molecule has 1 aromatic carbocycles. The fraction of sp³-hybridized carbons (Fsp3) is 0.529. The predicted molar refractivity (Wildman–Crippen MR) is 82.7 cm³/mol. The van der Waals surface area contributed by atoms with Gasteiger partial charge in [0.25, 0.3) is 6.43 Å². The highest BCUT2D eigenvalue weighted by Crippen LogP contribution is 2.22. The molecule has 2 heterocycles. The highest BCUT2D eigenvalue weighted by atomic mass is 19.3. The summed E-state index contributed by atoms with van der Waals surface area (Å²) in [4.78, 5) is 27.3. The third kappa shape index (κ3) is 3.83. The van der Waals surface area contributed by atoms with Crippen LogP contribution in [0.15, 0.2) is 24.3 Å². The zero-order chi connectivity index (χ0) is 17.1. The number of rotatable bonds is 5. The molecule has 5 nitrogen and oxygen atoms in total. The van der Waals surface area contributed by atoms with Crippen LogP contribution in [0.1, 0.15) is 24.0 Å². The number of carbonyl (C=O) groups excluding carboxylic acids is 2. The van der Waals surface area contributed by atoms with Crippen molar-refractivity contribution >= 4 is 12.0 Å². The molecule has 1 unspecified atom stereocenters. The van der Waals surface area contributed by atoms with Gasteiger partial charge in [-0.2, -0.15) is 0 Å². The van der Waals surface area contributed by atoms with Crippen LogP contribution in [0.5, 0.6) is 0 Å². The Bertz CT molecular complexity index is 624. The maximum Gasteiger partial charge on any atom is 0.409 e. The summed E-state index contributed by atoms with van der Waals surface area (Å²) in [6.45, 7) is 2.86. The predicted octanol–water partition coefficient (Wildman–Crippen LogP) is 2.47. The standard InChI is InChI=1S/C17H20F2N2O3/c18-16(19)14-3-1-2-12(8-14)9-15(22)20-5-4-13(10-20)11-21-6-7-24-17(21)23/h1-3,8,13,16H,4-7,9-11H2. The van der Waals surface area contributed by atoms with E-state index in [1.54, 1.807) is 21.9 Å². The Morgan fingerprint density at radius 1 is 1.33 bits per heavy atom. The minimum absolute atomic E-state index is 0.0621. The zero-order valence-corrected chi connectivity index (χ0v) is 13.3. The number of nitrogens with zero attached hydrogens (tertiary/aromatic N) is 2. The van der Waals surface area contributed by atoms with Crippen molar-refractivity contribution in [2.75, 3.05) is 32.8 Å². The summed E-state index contributed by atoms with van der Waals surface area (Å²) in [5.74, 6) is 0.180. The van der Waals surface area contributed by atoms with Crippen LogP contribution < -0.4 is 0 Å². The van der Waals surface area contributed by atoms with Crippen molar-refractivity contribution in [1.29, 1.82) is 0 Å². The Labute approximate surface area is 139 Å². The fourth-order valence-corrected chi connectivity index (χ4v) is 3.24. The first kappa shape index (κ1) is 16.7. The second-order valence-corrected chi connectivity index (χ2v) is 6.28. The molecule has 130 valence electrons. The van der Waals surface area contributed by atoms with Gasteiger partial charge < -0.3 is 14.5 Å². The Kier molecular flexibility index (Phi) is 4.97. The summed E-state index contributed by atoms with van der Waals surface area (Å²) in [5.41, 5.74) is 0.538. The summed E-state index contributed by atoms with van der Waals surface area (Å²) in [6.07, 6.45) is -1.86. The third-order valence-corrected chi connectivity index (χ3v) is 4.52. The monoisotopic (exact) mass is 338 g/mol. The average Bonchev–Trinajstić information content (AvgIpc) is 3.18. The maximum atomic E-state index is 12.7. The average molecular weight is 338 g/mol. The van der Waals surface area contributed by atoms with E-state index in [1.165, 1.54) is 12.1 Å². The van der Waals surface area contributed by atoms with Crippen molar-refractivity contribution in [3.8, 4) is 0 Å². The first-order chi connectivity index (χ1) is 11.5. The van der Waals surface area contributed by atoms with Crippen LogP contribution in [0, 0.1) is 5.92 Å². The van der Waals surface area contributed by atoms with Crippen LogP contribution >= 0.6 is 0 Å². The Balaban J connectivity index is 1.53. The van der Waals surface area contributed by atoms with Gasteiger partial charge in [-0.15, -0.1) is 0 Å². The molecular formula is C17H20F2N2O3. The van der Waals surface area contributed by atoms with Crippen molar-refractivity contribution < 1.29 is 23.1 Å². The molecule has 0 N–H and O–H groups in total. The summed E-state index contributed by atoms with van der Waals surface area (Å²) in [5, 5.41) is 0. The molecule has 7 heteroatoms. The molecule has 1 aromatic rings. The van der Waals surface area contributed by atoms with Gasteiger partial charge in [-0.25, -0.2) is 13.6 Å². The minimum Gasteiger partial charge on any atom is -0.448 e. The van der Waals surface area contributed by atoms with E-state index in [4.69, 9.17) is 4.74 Å². The van der Waals surface area contributed by atoms with Crippen LogP contribution in [0.25, 0.3) is 0 Å². The maximum absolute atomic E-state index is 12.7. The molecule has 2 fully saturated rings. The molecule has 3 rings (SSSR count). The van der Waals surface area contributed by atoms with Gasteiger partial charge in [-0.05, 0) is 24.0 Å². The highest BCUT2D eigenvalue weighted by molar-refractivity contribution is 5.79. The number of likely N-dealkylation sites (tertiary alicyclic amines) is 1. The lowest BCUT2D eigenvalue weighted by molar-refractivity contribution is -0.129.